The molecule has 0 aliphatic rings. The topological polar surface area (TPSA) is 60.2 Å². The Hall–Kier alpha value is -0.0231. The third-order valence-electron chi connectivity index (χ3n) is 2.22. The molecule has 0 heterocycles. The lowest BCUT2D eigenvalue weighted by molar-refractivity contribution is 0.00641. The van der Waals surface area contributed by atoms with Crippen LogP contribution in [0.2, 0.25) is 0 Å². The molecule has 7 heteroatoms. The summed E-state index contributed by atoms with van der Waals surface area (Å²) in [7, 11) is 1.22. The molecule has 110 valence electrons. The zero-order chi connectivity index (χ0) is 14.0. The summed E-state index contributed by atoms with van der Waals surface area (Å²) in [5.41, 5.74) is 5.69. The van der Waals surface area contributed by atoms with Crippen molar-refractivity contribution in [3.8, 4) is 0 Å². The highest BCUT2D eigenvalue weighted by molar-refractivity contribution is 6.57. The predicted molar refractivity (Wildman–Crippen MR) is 74.9 cm³/mol. The van der Waals surface area contributed by atoms with E-state index in [4.69, 9.17) is 19.0 Å². The molecule has 2 N–H and O–H groups in total. The standard InChI is InChI=1S/C11H29N3O3Si/c1-6-15-18(16-7-2,17-8-3)14(10-9-12)11-13(4)5/h6-12H2,1-5H3. The molecule has 0 unspecified atom stereocenters. The van der Waals surface area contributed by atoms with Crippen LogP contribution in [0.15, 0.2) is 0 Å². The van der Waals surface area contributed by atoms with Gasteiger partial charge in [-0.1, -0.05) is 0 Å². The number of rotatable bonds is 11. The average molecular weight is 279 g/mol. The molecule has 18 heavy (non-hydrogen) atoms. The zero-order valence-corrected chi connectivity index (χ0v) is 13.4. The van der Waals surface area contributed by atoms with Gasteiger partial charge < -0.3 is 19.0 Å². The van der Waals surface area contributed by atoms with Crippen molar-refractivity contribution in [2.45, 2.75) is 20.8 Å². The van der Waals surface area contributed by atoms with Gasteiger partial charge in [-0.05, 0) is 34.9 Å². The van der Waals surface area contributed by atoms with Crippen molar-refractivity contribution in [1.82, 2.24) is 9.47 Å². The molecule has 0 aliphatic carbocycles. The van der Waals surface area contributed by atoms with Crippen LogP contribution < -0.4 is 5.73 Å². The Balaban J connectivity index is 5.00. The third-order valence-corrected chi connectivity index (χ3v) is 5.32. The van der Waals surface area contributed by atoms with Gasteiger partial charge in [0.1, 0.15) is 0 Å². The van der Waals surface area contributed by atoms with Gasteiger partial charge in [0.15, 0.2) is 0 Å². The van der Waals surface area contributed by atoms with Gasteiger partial charge in [0, 0.05) is 39.6 Å². The molecule has 0 aromatic rings. The molecule has 0 aromatic carbocycles. The summed E-state index contributed by atoms with van der Waals surface area (Å²) in [4.78, 5) is 2.06. The molecular weight excluding hydrogens is 250 g/mol. The summed E-state index contributed by atoms with van der Waals surface area (Å²) >= 11 is 0. The van der Waals surface area contributed by atoms with E-state index in [1.54, 1.807) is 0 Å². The summed E-state index contributed by atoms with van der Waals surface area (Å²) in [5.74, 6) is 0. The average Bonchev–Trinajstić information content (AvgIpc) is 2.29. The first-order valence-corrected chi connectivity index (χ1v) is 8.25. The minimum Gasteiger partial charge on any atom is -0.361 e. The number of hydrogen-bond donors (Lipinski definition) is 1. The second-order valence-electron chi connectivity index (χ2n) is 4.10. The minimum absolute atomic E-state index is 0.551. The second kappa shape index (κ2) is 9.85. The molecule has 6 nitrogen and oxygen atoms in total. The largest absolute Gasteiger partial charge is 0.600 e. The van der Waals surface area contributed by atoms with Crippen LogP contribution >= 0.6 is 0 Å². The van der Waals surface area contributed by atoms with E-state index in [0.717, 1.165) is 0 Å². The normalized spacial score (nSPS) is 12.7. The maximum Gasteiger partial charge on any atom is 0.600 e. The van der Waals surface area contributed by atoms with Crippen molar-refractivity contribution < 1.29 is 13.3 Å². The fourth-order valence-electron chi connectivity index (χ4n) is 1.74. The molecule has 0 rings (SSSR count). The molecule has 0 spiro atoms. The van der Waals surface area contributed by atoms with E-state index in [1.165, 1.54) is 0 Å². The van der Waals surface area contributed by atoms with Crippen molar-refractivity contribution >= 4 is 8.97 Å². The number of nitrogens with zero attached hydrogens (tertiary/aromatic N) is 2. The fourth-order valence-corrected chi connectivity index (χ4v) is 4.49. The summed E-state index contributed by atoms with van der Waals surface area (Å²) < 4.78 is 19.7. The van der Waals surface area contributed by atoms with Gasteiger partial charge in [-0.2, -0.15) is 0 Å². The Morgan fingerprint density at radius 1 is 0.944 bits per heavy atom. The van der Waals surface area contributed by atoms with Crippen molar-refractivity contribution in [3.63, 3.8) is 0 Å². The van der Waals surface area contributed by atoms with Gasteiger partial charge in [0.05, 0.1) is 0 Å². The Morgan fingerprint density at radius 2 is 1.39 bits per heavy atom. The van der Waals surface area contributed by atoms with Crippen LogP contribution in [0, 0.1) is 0 Å². The van der Waals surface area contributed by atoms with Crippen LogP contribution in [0.4, 0.5) is 0 Å². The highest BCUT2D eigenvalue weighted by Gasteiger charge is 2.48. The Bertz CT molecular complexity index is 191. The van der Waals surface area contributed by atoms with E-state index >= 15 is 0 Å². The van der Waals surface area contributed by atoms with Crippen LogP contribution in [0.5, 0.6) is 0 Å². The first-order valence-electron chi connectivity index (χ1n) is 6.57. The molecule has 0 radical (unpaired) electrons. The first-order chi connectivity index (χ1) is 8.56. The monoisotopic (exact) mass is 279 g/mol. The molecule has 0 bridgehead atoms. The number of nitrogens with two attached hydrogens (primary N) is 1. The third kappa shape index (κ3) is 5.74. The minimum atomic E-state index is -2.80. The molecule has 0 amide bonds. The molecule has 0 aliphatic heterocycles. The highest BCUT2D eigenvalue weighted by Crippen LogP contribution is 2.16. The first kappa shape index (κ1) is 18.0. The van der Waals surface area contributed by atoms with Gasteiger partial charge in [0.25, 0.3) is 0 Å². The number of hydrogen-bond acceptors (Lipinski definition) is 6. The quantitative estimate of drug-likeness (QED) is 0.434. The molecule has 0 aromatic heterocycles. The van der Waals surface area contributed by atoms with E-state index in [1.807, 2.05) is 34.9 Å². The molecule has 0 saturated carbocycles. The van der Waals surface area contributed by atoms with Crippen LogP contribution in [-0.2, 0) is 13.3 Å². The van der Waals surface area contributed by atoms with E-state index in [2.05, 4.69) is 9.47 Å². The lowest BCUT2D eigenvalue weighted by Gasteiger charge is -2.38. The summed E-state index contributed by atoms with van der Waals surface area (Å²) in [6.45, 7) is 9.54. The zero-order valence-electron chi connectivity index (χ0n) is 12.4. The lowest BCUT2D eigenvalue weighted by atomic mass is 10.6. The van der Waals surface area contributed by atoms with E-state index in [0.29, 0.717) is 39.6 Å². The van der Waals surface area contributed by atoms with Crippen LogP contribution in [0.3, 0.4) is 0 Å². The fraction of sp³-hybridized carbons (Fsp3) is 1.00. The van der Waals surface area contributed by atoms with Crippen molar-refractivity contribution in [3.05, 3.63) is 0 Å². The lowest BCUT2D eigenvalue weighted by Crippen LogP contribution is -2.64. The second-order valence-corrected chi connectivity index (χ2v) is 6.64. The molecule has 0 saturated heterocycles. The van der Waals surface area contributed by atoms with E-state index < -0.39 is 8.97 Å². The SMILES string of the molecule is CCO[Si](OCC)(OCC)N(CCN)CN(C)C. The Labute approximate surface area is 112 Å². The van der Waals surface area contributed by atoms with Gasteiger partial charge >= 0.3 is 8.97 Å². The van der Waals surface area contributed by atoms with Gasteiger partial charge in [-0.3, -0.25) is 4.90 Å². The van der Waals surface area contributed by atoms with Crippen molar-refractivity contribution in [2.75, 3.05) is 53.7 Å². The van der Waals surface area contributed by atoms with Gasteiger partial charge in [0.2, 0.25) is 0 Å². The van der Waals surface area contributed by atoms with Crippen molar-refractivity contribution in [2.24, 2.45) is 5.73 Å². The molecule has 0 atom stereocenters. The summed E-state index contributed by atoms with van der Waals surface area (Å²) in [5, 5.41) is 0. The van der Waals surface area contributed by atoms with E-state index in [9.17, 15) is 0 Å². The van der Waals surface area contributed by atoms with Crippen LogP contribution in [0.1, 0.15) is 20.8 Å². The molecular formula is C11H29N3O3Si. The van der Waals surface area contributed by atoms with Gasteiger partial charge in [-0.25, -0.2) is 4.57 Å². The van der Waals surface area contributed by atoms with Crippen LogP contribution in [-0.4, -0.2) is 72.1 Å². The Kier molecular flexibility index (Phi) is 9.84. The van der Waals surface area contributed by atoms with E-state index in [-0.39, 0.29) is 0 Å². The summed E-state index contributed by atoms with van der Waals surface area (Å²) in [6.07, 6.45) is 0. The maximum absolute atomic E-state index is 5.86. The van der Waals surface area contributed by atoms with Gasteiger partial charge in [-0.15, -0.1) is 0 Å². The summed E-state index contributed by atoms with van der Waals surface area (Å²) in [6, 6.07) is 0. The maximum atomic E-state index is 5.86. The molecule has 0 fully saturated rings. The van der Waals surface area contributed by atoms with Crippen LogP contribution in [0.25, 0.3) is 0 Å². The highest BCUT2D eigenvalue weighted by atomic mass is 28.4. The smallest absolute Gasteiger partial charge is 0.361 e. The predicted octanol–water partition coefficient (Wildman–Crippen LogP) is 0.311. The Morgan fingerprint density at radius 3 is 1.67 bits per heavy atom. The van der Waals surface area contributed by atoms with Crippen molar-refractivity contribution in [1.29, 1.82) is 0 Å².